The summed E-state index contributed by atoms with van der Waals surface area (Å²) in [6.07, 6.45) is 0. The second kappa shape index (κ2) is 6.15. The van der Waals surface area contributed by atoms with E-state index in [1.165, 1.54) is 0 Å². The van der Waals surface area contributed by atoms with Crippen molar-refractivity contribution in [1.82, 2.24) is 9.97 Å². The summed E-state index contributed by atoms with van der Waals surface area (Å²) in [5, 5.41) is 15.0. The molecule has 146 valence electrons. The Bertz CT molecular complexity index is 1150. The predicted molar refractivity (Wildman–Crippen MR) is 101 cm³/mol. The maximum absolute atomic E-state index is 13.2. The standard InChI is InChI=1S/C19H16N6O4/c20-9-11-15(26)22-14-13(16(27)24-18(23-14)25-5-7-29-8-6-25)19(11)10-3-1-2-4-12(10)21-17(19)28/h1-4,11H,5-8H2,(H,21,28)(H2,22,23,24,26,27)/t11-,19+/m0/s1. The number of ether oxygens (including phenoxy) is 1. The second-order valence-electron chi connectivity index (χ2n) is 7.07. The second-order valence-corrected chi connectivity index (χ2v) is 7.07. The number of morpholine rings is 1. The van der Waals surface area contributed by atoms with Gasteiger partial charge >= 0.3 is 0 Å². The van der Waals surface area contributed by atoms with Crippen molar-refractivity contribution in [2.75, 3.05) is 41.8 Å². The van der Waals surface area contributed by atoms with Gasteiger partial charge in [0.1, 0.15) is 17.2 Å². The lowest BCUT2D eigenvalue weighted by Gasteiger charge is -2.36. The lowest BCUT2D eigenvalue weighted by atomic mass is 9.65. The van der Waals surface area contributed by atoms with Gasteiger partial charge in [0.25, 0.3) is 5.56 Å². The molecule has 1 saturated heterocycles. The molecule has 2 atom stereocenters. The minimum absolute atomic E-state index is 0.00130. The number of amides is 2. The Labute approximate surface area is 164 Å². The summed E-state index contributed by atoms with van der Waals surface area (Å²) in [6.45, 7) is 2.04. The van der Waals surface area contributed by atoms with E-state index in [1.807, 2.05) is 11.0 Å². The van der Waals surface area contributed by atoms with Crippen molar-refractivity contribution >= 4 is 29.3 Å². The Morgan fingerprint density at radius 2 is 1.93 bits per heavy atom. The largest absolute Gasteiger partial charge is 0.378 e. The highest BCUT2D eigenvalue weighted by Crippen LogP contribution is 2.50. The number of aromatic amines is 1. The first-order valence-corrected chi connectivity index (χ1v) is 9.16. The topological polar surface area (TPSA) is 140 Å². The van der Waals surface area contributed by atoms with Gasteiger partial charge in [-0.25, -0.2) is 0 Å². The van der Waals surface area contributed by atoms with Gasteiger partial charge in [-0.1, -0.05) is 18.2 Å². The van der Waals surface area contributed by atoms with Gasteiger partial charge in [0.2, 0.25) is 17.8 Å². The Morgan fingerprint density at radius 3 is 2.69 bits per heavy atom. The first-order chi connectivity index (χ1) is 14.1. The van der Waals surface area contributed by atoms with Crippen LogP contribution in [-0.4, -0.2) is 48.1 Å². The molecule has 1 aromatic heterocycles. The molecule has 3 aliphatic rings. The SMILES string of the molecule is N#C[C@H]1C(=O)Nc2nc(N3CCOCC3)[nH]c(=O)c2[C@]12C(=O)Nc1ccccc12. The fourth-order valence-electron chi connectivity index (χ4n) is 4.34. The summed E-state index contributed by atoms with van der Waals surface area (Å²) in [7, 11) is 0. The fourth-order valence-corrected chi connectivity index (χ4v) is 4.34. The van der Waals surface area contributed by atoms with E-state index in [0.29, 0.717) is 37.6 Å². The number of nitriles is 1. The van der Waals surface area contributed by atoms with Crippen LogP contribution in [0.25, 0.3) is 0 Å². The third-order valence-electron chi connectivity index (χ3n) is 5.64. The van der Waals surface area contributed by atoms with Crippen LogP contribution in [0.2, 0.25) is 0 Å². The van der Waals surface area contributed by atoms with Gasteiger partial charge in [0, 0.05) is 18.8 Å². The number of rotatable bonds is 1. The number of para-hydroxylation sites is 1. The molecule has 0 unspecified atom stereocenters. The lowest BCUT2D eigenvalue weighted by Crippen LogP contribution is -2.54. The zero-order valence-electron chi connectivity index (χ0n) is 15.2. The molecule has 1 fully saturated rings. The Kier molecular flexibility index (Phi) is 3.69. The molecule has 3 aliphatic heterocycles. The maximum Gasteiger partial charge on any atom is 0.259 e. The maximum atomic E-state index is 13.2. The fraction of sp³-hybridized carbons (Fsp3) is 0.316. The molecular formula is C19H16N6O4. The van der Waals surface area contributed by atoms with Crippen molar-refractivity contribution in [1.29, 1.82) is 5.26 Å². The van der Waals surface area contributed by atoms with E-state index < -0.39 is 28.7 Å². The predicted octanol–water partition coefficient (Wildman–Crippen LogP) is -0.0634. The number of nitrogens with zero attached hydrogens (tertiary/aromatic N) is 3. The molecule has 3 N–H and O–H groups in total. The van der Waals surface area contributed by atoms with E-state index in [0.717, 1.165) is 0 Å². The van der Waals surface area contributed by atoms with E-state index >= 15 is 0 Å². The van der Waals surface area contributed by atoms with Crippen LogP contribution in [0.1, 0.15) is 11.1 Å². The Hall–Kier alpha value is -3.71. The molecule has 0 radical (unpaired) electrons. The van der Waals surface area contributed by atoms with Crippen LogP contribution in [0.3, 0.4) is 0 Å². The third-order valence-corrected chi connectivity index (χ3v) is 5.64. The van der Waals surface area contributed by atoms with E-state index in [2.05, 4.69) is 20.6 Å². The first kappa shape index (κ1) is 17.4. The normalized spacial score (nSPS) is 25.1. The number of nitrogens with one attached hydrogen (secondary N) is 3. The number of H-pyrrole nitrogens is 1. The molecule has 1 spiro atoms. The van der Waals surface area contributed by atoms with Crippen LogP contribution in [-0.2, 0) is 19.7 Å². The molecule has 0 aliphatic carbocycles. The van der Waals surface area contributed by atoms with E-state index in [4.69, 9.17) is 4.74 Å². The Balaban J connectivity index is 1.78. The number of hydrogen-bond acceptors (Lipinski definition) is 7. The minimum atomic E-state index is -1.76. The zero-order chi connectivity index (χ0) is 20.2. The average Bonchev–Trinajstić information content (AvgIpc) is 3.01. The van der Waals surface area contributed by atoms with Crippen molar-refractivity contribution in [3.63, 3.8) is 0 Å². The first-order valence-electron chi connectivity index (χ1n) is 9.16. The zero-order valence-corrected chi connectivity index (χ0v) is 15.2. The number of benzene rings is 1. The van der Waals surface area contributed by atoms with Crippen molar-refractivity contribution in [3.8, 4) is 6.07 Å². The van der Waals surface area contributed by atoms with Gasteiger partial charge in [-0.2, -0.15) is 10.2 Å². The molecule has 1 aromatic carbocycles. The van der Waals surface area contributed by atoms with Crippen molar-refractivity contribution in [2.24, 2.45) is 5.92 Å². The van der Waals surface area contributed by atoms with Gasteiger partial charge in [-0.3, -0.25) is 19.4 Å². The molecule has 0 bridgehead atoms. The van der Waals surface area contributed by atoms with E-state index in [-0.39, 0.29) is 17.3 Å². The summed E-state index contributed by atoms with van der Waals surface area (Å²) in [6, 6.07) is 8.67. The molecule has 29 heavy (non-hydrogen) atoms. The van der Waals surface area contributed by atoms with Crippen molar-refractivity contribution in [3.05, 3.63) is 45.7 Å². The van der Waals surface area contributed by atoms with Crippen LogP contribution in [0.5, 0.6) is 0 Å². The number of carbonyl (C=O) groups excluding carboxylic acids is 2. The molecule has 5 rings (SSSR count). The highest BCUT2D eigenvalue weighted by Gasteiger charge is 2.61. The van der Waals surface area contributed by atoms with Gasteiger partial charge in [-0.05, 0) is 11.6 Å². The monoisotopic (exact) mass is 392 g/mol. The summed E-state index contributed by atoms with van der Waals surface area (Å²) < 4.78 is 5.32. The highest BCUT2D eigenvalue weighted by molar-refractivity contribution is 6.16. The van der Waals surface area contributed by atoms with Gasteiger partial charge in [-0.15, -0.1) is 0 Å². The van der Waals surface area contributed by atoms with Gasteiger partial charge in [0.05, 0.1) is 24.8 Å². The van der Waals surface area contributed by atoms with Crippen LogP contribution < -0.4 is 21.1 Å². The smallest absolute Gasteiger partial charge is 0.259 e. The number of fused-ring (bicyclic) bond motifs is 4. The summed E-state index contributed by atoms with van der Waals surface area (Å²) in [5.41, 5.74) is -1.46. The number of carbonyl (C=O) groups is 2. The van der Waals surface area contributed by atoms with Crippen LogP contribution >= 0.6 is 0 Å². The molecule has 0 saturated carbocycles. The summed E-state index contributed by atoms with van der Waals surface area (Å²) in [4.78, 5) is 48.2. The molecule has 2 aromatic rings. The minimum Gasteiger partial charge on any atom is -0.378 e. The lowest BCUT2D eigenvalue weighted by molar-refractivity contribution is -0.127. The van der Waals surface area contributed by atoms with Gasteiger partial charge < -0.3 is 20.3 Å². The van der Waals surface area contributed by atoms with E-state index in [1.54, 1.807) is 24.3 Å². The molecular weight excluding hydrogens is 376 g/mol. The Morgan fingerprint density at radius 1 is 1.17 bits per heavy atom. The number of aromatic nitrogens is 2. The van der Waals surface area contributed by atoms with Crippen molar-refractivity contribution < 1.29 is 14.3 Å². The molecule has 10 heteroatoms. The summed E-state index contributed by atoms with van der Waals surface area (Å²) in [5.74, 6) is -2.38. The molecule has 10 nitrogen and oxygen atoms in total. The quantitative estimate of drug-likeness (QED) is 0.617. The summed E-state index contributed by atoms with van der Waals surface area (Å²) >= 11 is 0. The third kappa shape index (κ3) is 2.25. The number of hydrogen-bond donors (Lipinski definition) is 3. The van der Waals surface area contributed by atoms with Crippen LogP contribution in [0.4, 0.5) is 17.5 Å². The van der Waals surface area contributed by atoms with E-state index in [9.17, 15) is 19.6 Å². The highest BCUT2D eigenvalue weighted by atomic mass is 16.5. The van der Waals surface area contributed by atoms with Crippen LogP contribution in [0, 0.1) is 17.2 Å². The van der Waals surface area contributed by atoms with Gasteiger partial charge in [0.15, 0.2) is 0 Å². The molecule has 4 heterocycles. The molecule has 2 amide bonds. The number of anilines is 3. The van der Waals surface area contributed by atoms with Crippen LogP contribution in [0.15, 0.2) is 29.1 Å². The average molecular weight is 392 g/mol. The van der Waals surface area contributed by atoms with Crippen molar-refractivity contribution in [2.45, 2.75) is 5.41 Å².